The highest BCUT2D eigenvalue weighted by molar-refractivity contribution is 6.12. The van der Waals surface area contributed by atoms with Crippen LogP contribution in [-0.4, -0.2) is 54.6 Å². The third kappa shape index (κ3) is 5.58. The molecule has 1 N–H and O–H groups in total. The van der Waals surface area contributed by atoms with Gasteiger partial charge in [-0.05, 0) is 50.8 Å². The first-order valence-electron chi connectivity index (χ1n) is 12.0. The van der Waals surface area contributed by atoms with Crippen LogP contribution in [0.4, 0.5) is 5.69 Å². The van der Waals surface area contributed by atoms with Crippen molar-refractivity contribution in [1.29, 1.82) is 0 Å². The van der Waals surface area contributed by atoms with Crippen molar-refractivity contribution in [3.05, 3.63) is 65.7 Å². The summed E-state index contributed by atoms with van der Waals surface area (Å²) in [5, 5.41) is 3.15. The number of aryl methyl sites for hydroxylation is 1. The van der Waals surface area contributed by atoms with Gasteiger partial charge in [0.05, 0.1) is 19.1 Å². The molecule has 0 bridgehead atoms. The maximum absolute atomic E-state index is 13.9. The summed E-state index contributed by atoms with van der Waals surface area (Å²) in [6, 6.07) is 17.4. The van der Waals surface area contributed by atoms with Gasteiger partial charge in [-0.1, -0.05) is 48.5 Å². The average molecular weight is 467 g/mol. The minimum atomic E-state index is -1.55. The van der Waals surface area contributed by atoms with Crippen molar-refractivity contribution in [2.75, 3.05) is 31.6 Å². The second-order valence-electron chi connectivity index (χ2n) is 8.40. The van der Waals surface area contributed by atoms with Crippen LogP contribution in [0.3, 0.4) is 0 Å². The molecule has 34 heavy (non-hydrogen) atoms. The van der Waals surface area contributed by atoms with E-state index in [-0.39, 0.29) is 32.1 Å². The number of nitrogens with zero attached hydrogens (tertiary/aromatic N) is 1. The van der Waals surface area contributed by atoms with Crippen molar-refractivity contribution in [2.24, 2.45) is 5.92 Å². The van der Waals surface area contributed by atoms with Gasteiger partial charge in [0, 0.05) is 25.2 Å². The lowest BCUT2D eigenvalue weighted by Gasteiger charge is -2.34. The fraction of sp³-hybridized carbons (Fsp3) is 0.444. The number of amides is 1. The second-order valence-corrected chi connectivity index (χ2v) is 8.40. The fourth-order valence-corrected chi connectivity index (χ4v) is 4.37. The zero-order chi connectivity index (χ0) is 24.6. The minimum Gasteiger partial charge on any atom is -0.466 e. The minimum absolute atomic E-state index is 0.167. The summed E-state index contributed by atoms with van der Waals surface area (Å²) in [7, 11) is 0. The Morgan fingerprint density at radius 2 is 1.65 bits per heavy atom. The maximum atomic E-state index is 13.9. The number of anilines is 1. The third-order valence-electron chi connectivity index (χ3n) is 6.16. The highest BCUT2D eigenvalue weighted by Gasteiger charge is 2.53. The Morgan fingerprint density at radius 3 is 2.29 bits per heavy atom. The molecule has 0 aromatic heterocycles. The van der Waals surface area contributed by atoms with E-state index in [2.05, 4.69) is 5.32 Å². The molecule has 0 aliphatic carbocycles. The summed E-state index contributed by atoms with van der Waals surface area (Å²) in [6.45, 7) is 6.28. The number of fused-ring (bicyclic) bond motifs is 1. The van der Waals surface area contributed by atoms with E-state index in [9.17, 15) is 14.4 Å². The molecule has 182 valence electrons. The second kappa shape index (κ2) is 11.7. The SMILES string of the molecule is CCOC(=O)C(CCc1ccccc1)CN(CC)C(=O)[C@]1(C(=O)OCC)Cc2ccccc2N1. The number of hydrogen-bond donors (Lipinski definition) is 1. The highest BCUT2D eigenvalue weighted by Crippen LogP contribution is 2.35. The number of benzene rings is 2. The number of esters is 2. The van der Waals surface area contributed by atoms with Crippen LogP contribution < -0.4 is 5.32 Å². The molecule has 0 fully saturated rings. The Balaban J connectivity index is 1.83. The van der Waals surface area contributed by atoms with Crippen LogP contribution in [0.2, 0.25) is 0 Å². The molecule has 0 spiro atoms. The number of rotatable bonds is 11. The van der Waals surface area contributed by atoms with E-state index < -0.39 is 23.3 Å². The van der Waals surface area contributed by atoms with Crippen LogP contribution >= 0.6 is 0 Å². The first kappa shape index (κ1) is 25.3. The van der Waals surface area contributed by atoms with Crippen LogP contribution in [0.5, 0.6) is 0 Å². The van der Waals surface area contributed by atoms with Gasteiger partial charge in [-0.25, -0.2) is 4.79 Å². The molecule has 3 rings (SSSR count). The van der Waals surface area contributed by atoms with E-state index in [1.165, 1.54) is 0 Å². The summed E-state index contributed by atoms with van der Waals surface area (Å²) >= 11 is 0. The van der Waals surface area contributed by atoms with E-state index in [0.717, 1.165) is 16.8 Å². The van der Waals surface area contributed by atoms with E-state index in [1.807, 2.05) is 61.5 Å². The molecule has 7 nitrogen and oxygen atoms in total. The van der Waals surface area contributed by atoms with Crippen molar-refractivity contribution in [2.45, 2.75) is 45.6 Å². The summed E-state index contributed by atoms with van der Waals surface area (Å²) in [5.41, 5.74) is 1.19. The van der Waals surface area contributed by atoms with Gasteiger partial charge in [-0.2, -0.15) is 0 Å². The number of nitrogens with one attached hydrogen (secondary N) is 1. The summed E-state index contributed by atoms with van der Waals surface area (Å²) < 4.78 is 10.7. The zero-order valence-corrected chi connectivity index (χ0v) is 20.2. The lowest BCUT2D eigenvalue weighted by atomic mass is 9.92. The lowest BCUT2D eigenvalue weighted by Crippen LogP contribution is -2.60. The molecular weight excluding hydrogens is 432 g/mol. The fourth-order valence-electron chi connectivity index (χ4n) is 4.37. The van der Waals surface area contributed by atoms with Crippen LogP contribution in [-0.2, 0) is 36.7 Å². The summed E-state index contributed by atoms with van der Waals surface area (Å²) in [5.74, 6) is -1.84. The zero-order valence-electron chi connectivity index (χ0n) is 20.2. The first-order valence-corrected chi connectivity index (χ1v) is 12.0. The van der Waals surface area contributed by atoms with E-state index in [1.54, 1.807) is 18.7 Å². The monoisotopic (exact) mass is 466 g/mol. The van der Waals surface area contributed by atoms with Crippen LogP contribution in [0.1, 0.15) is 38.3 Å². The normalized spacial score (nSPS) is 17.3. The molecule has 0 saturated heterocycles. The number of ether oxygens (including phenoxy) is 2. The van der Waals surface area contributed by atoms with Gasteiger partial charge in [0.15, 0.2) is 0 Å². The van der Waals surface area contributed by atoms with Gasteiger partial charge in [-0.3, -0.25) is 9.59 Å². The number of likely N-dealkylation sites (N-methyl/N-ethyl adjacent to an activating group) is 1. The van der Waals surface area contributed by atoms with Crippen molar-refractivity contribution in [1.82, 2.24) is 4.90 Å². The van der Waals surface area contributed by atoms with Crippen molar-refractivity contribution in [3.8, 4) is 0 Å². The predicted molar refractivity (Wildman–Crippen MR) is 130 cm³/mol. The van der Waals surface area contributed by atoms with E-state index >= 15 is 0 Å². The summed E-state index contributed by atoms with van der Waals surface area (Å²) in [6.07, 6.45) is 1.42. The molecule has 1 aliphatic rings. The largest absolute Gasteiger partial charge is 0.466 e. The van der Waals surface area contributed by atoms with Gasteiger partial charge >= 0.3 is 11.9 Å². The smallest absolute Gasteiger partial charge is 0.342 e. The Bertz CT molecular complexity index is 967. The van der Waals surface area contributed by atoms with Crippen molar-refractivity contribution < 1.29 is 23.9 Å². The van der Waals surface area contributed by atoms with Gasteiger partial charge in [0.2, 0.25) is 5.54 Å². The van der Waals surface area contributed by atoms with E-state index in [4.69, 9.17) is 9.47 Å². The molecule has 2 aromatic rings. The first-order chi connectivity index (χ1) is 16.4. The topological polar surface area (TPSA) is 84.9 Å². The van der Waals surface area contributed by atoms with Gasteiger partial charge in [0.1, 0.15) is 0 Å². The molecule has 0 saturated carbocycles. The Kier molecular flexibility index (Phi) is 8.68. The molecule has 2 atom stereocenters. The van der Waals surface area contributed by atoms with Gasteiger partial charge < -0.3 is 19.7 Å². The quantitative estimate of drug-likeness (QED) is 0.402. The third-order valence-corrected chi connectivity index (χ3v) is 6.16. The molecule has 1 amide bonds. The van der Waals surface area contributed by atoms with Gasteiger partial charge in [-0.15, -0.1) is 0 Å². The Morgan fingerprint density at radius 1 is 0.971 bits per heavy atom. The number of hydrogen-bond acceptors (Lipinski definition) is 6. The number of para-hydroxylation sites is 1. The van der Waals surface area contributed by atoms with E-state index in [0.29, 0.717) is 19.4 Å². The number of carbonyl (C=O) groups excluding carboxylic acids is 3. The van der Waals surface area contributed by atoms with Crippen molar-refractivity contribution >= 4 is 23.5 Å². The molecule has 7 heteroatoms. The standard InChI is InChI=1S/C27H34N2O5/c1-4-29(19-22(24(30)33-5-2)17-16-20-12-8-7-9-13-20)25(31)27(26(32)34-6-3)18-21-14-10-11-15-23(21)28-27/h7-15,22,28H,4-6,16-19H2,1-3H3/t22?,27-/m0/s1. The average Bonchev–Trinajstić information content (AvgIpc) is 3.26. The molecule has 1 heterocycles. The maximum Gasteiger partial charge on any atom is 0.342 e. The molecule has 1 unspecified atom stereocenters. The highest BCUT2D eigenvalue weighted by atomic mass is 16.5. The molecule has 0 radical (unpaired) electrons. The Labute approximate surface area is 201 Å². The molecule has 2 aromatic carbocycles. The number of carbonyl (C=O) groups is 3. The summed E-state index contributed by atoms with van der Waals surface area (Å²) in [4.78, 5) is 41.3. The van der Waals surface area contributed by atoms with Crippen LogP contribution in [0.15, 0.2) is 54.6 Å². The predicted octanol–water partition coefficient (Wildman–Crippen LogP) is 3.62. The van der Waals surface area contributed by atoms with Crippen LogP contribution in [0.25, 0.3) is 0 Å². The van der Waals surface area contributed by atoms with Crippen molar-refractivity contribution in [3.63, 3.8) is 0 Å². The van der Waals surface area contributed by atoms with Crippen LogP contribution in [0, 0.1) is 5.92 Å². The van der Waals surface area contributed by atoms with Gasteiger partial charge in [0.25, 0.3) is 5.91 Å². The lowest BCUT2D eigenvalue weighted by molar-refractivity contribution is -0.157. The Hall–Kier alpha value is -3.35. The molecule has 1 aliphatic heterocycles. The molecular formula is C27H34N2O5.